The number of allylic oxidation sites excluding steroid dienone is 5. The highest BCUT2D eigenvalue weighted by Crippen LogP contribution is 2.06. The summed E-state index contributed by atoms with van der Waals surface area (Å²) in [6, 6.07) is 9.13. The van der Waals surface area contributed by atoms with Crippen LogP contribution < -0.4 is 10.6 Å². The lowest BCUT2D eigenvalue weighted by atomic mass is 10.2. The molecule has 2 rings (SSSR count). The number of hydrogen-bond acceptors (Lipinski definition) is 3. The first-order valence-corrected chi connectivity index (χ1v) is 7.27. The lowest BCUT2D eigenvalue weighted by Gasteiger charge is -2.01. The van der Waals surface area contributed by atoms with Crippen LogP contribution in [0.15, 0.2) is 76.4 Å². The number of aromatic nitrogens is 2. The van der Waals surface area contributed by atoms with Crippen molar-refractivity contribution in [3.63, 3.8) is 0 Å². The summed E-state index contributed by atoms with van der Waals surface area (Å²) in [5.41, 5.74) is 1.23. The molecule has 1 aromatic carbocycles. The molecule has 21 heavy (non-hydrogen) atoms. The fourth-order valence-corrected chi connectivity index (χ4v) is 2.72. The van der Waals surface area contributed by atoms with E-state index < -0.39 is 0 Å². The Kier molecular flexibility index (Phi) is 4.90. The molecule has 0 amide bonds. The minimum Gasteiger partial charge on any atom is -0.255 e. The van der Waals surface area contributed by atoms with E-state index in [1.165, 1.54) is 8.52 Å². The van der Waals surface area contributed by atoms with Crippen molar-refractivity contribution in [2.75, 3.05) is 0 Å². The van der Waals surface area contributed by atoms with Gasteiger partial charge in [-0.1, -0.05) is 49.1 Å². The monoisotopic (exact) mass is 300 g/mol. The first-order chi connectivity index (χ1) is 10.2. The van der Waals surface area contributed by atoms with Crippen LogP contribution >= 0.6 is 11.5 Å². The number of para-hydroxylation sites is 1. The molecule has 0 saturated heterocycles. The number of rotatable bonds is 5. The first-order valence-electron chi connectivity index (χ1n) is 6.50. The van der Waals surface area contributed by atoms with E-state index in [0.717, 1.165) is 17.1 Å². The predicted octanol–water partition coefficient (Wildman–Crippen LogP) is 2.75. The topological polar surface area (TPSA) is 44.0 Å². The molecular formula is C16H16N2O2S. The average molecular weight is 300 g/mol. The maximum atomic E-state index is 12.4. The standard InChI is InChI=1S/C16H16N2O2S/c1-3-8-13(9-4-2)12-17-15(19)18(21-16(17)20)14-10-6-5-7-11-14/h3-11H,1,12H2,2H3/b9-4-,13-8+. The van der Waals surface area contributed by atoms with E-state index in [2.05, 4.69) is 6.58 Å². The molecule has 2 aromatic rings. The van der Waals surface area contributed by atoms with Gasteiger partial charge in [0.25, 0.3) is 0 Å². The zero-order chi connectivity index (χ0) is 15.2. The summed E-state index contributed by atoms with van der Waals surface area (Å²) in [5, 5.41) is 0. The molecule has 0 N–H and O–H groups in total. The maximum absolute atomic E-state index is 12.4. The van der Waals surface area contributed by atoms with Crippen molar-refractivity contribution in [2.45, 2.75) is 13.5 Å². The zero-order valence-corrected chi connectivity index (χ0v) is 12.5. The molecule has 0 radical (unpaired) electrons. The van der Waals surface area contributed by atoms with Crippen LogP contribution in [-0.2, 0) is 6.54 Å². The SMILES string of the molecule is C=C/C=C(\C=C/C)Cn1c(=O)sn(-c2ccccc2)c1=O. The Labute approximate surface area is 126 Å². The van der Waals surface area contributed by atoms with Crippen molar-refractivity contribution in [1.82, 2.24) is 8.52 Å². The summed E-state index contributed by atoms with van der Waals surface area (Å²) >= 11 is 0.907. The van der Waals surface area contributed by atoms with Gasteiger partial charge in [-0.2, -0.15) is 0 Å². The smallest absolute Gasteiger partial charge is 0.255 e. The van der Waals surface area contributed by atoms with Gasteiger partial charge in [-0.05, 0) is 24.6 Å². The van der Waals surface area contributed by atoms with Crippen LogP contribution in [0.25, 0.3) is 5.69 Å². The summed E-state index contributed by atoms with van der Waals surface area (Å²) in [6.45, 7) is 5.77. The van der Waals surface area contributed by atoms with Gasteiger partial charge in [0.2, 0.25) is 0 Å². The molecule has 1 heterocycles. The molecule has 0 aliphatic rings. The molecular weight excluding hydrogens is 284 g/mol. The Hall–Kier alpha value is -2.40. The Morgan fingerprint density at radius 2 is 2.00 bits per heavy atom. The summed E-state index contributed by atoms with van der Waals surface area (Å²) < 4.78 is 2.64. The molecule has 4 nitrogen and oxygen atoms in total. The number of nitrogens with zero attached hydrogens (tertiary/aromatic N) is 2. The van der Waals surface area contributed by atoms with Gasteiger partial charge >= 0.3 is 10.6 Å². The van der Waals surface area contributed by atoms with Crippen LogP contribution in [0.2, 0.25) is 0 Å². The van der Waals surface area contributed by atoms with E-state index in [1.807, 2.05) is 37.3 Å². The van der Waals surface area contributed by atoms with E-state index in [9.17, 15) is 9.59 Å². The Bertz CT molecular complexity index is 792. The molecule has 0 atom stereocenters. The van der Waals surface area contributed by atoms with Gasteiger partial charge in [-0.3, -0.25) is 4.79 Å². The third-order valence-electron chi connectivity index (χ3n) is 2.84. The molecule has 1 aromatic heterocycles. The summed E-state index contributed by atoms with van der Waals surface area (Å²) in [7, 11) is 0. The fraction of sp³-hybridized carbons (Fsp3) is 0.125. The first kappa shape index (κ1) is 15.0. The summed E-state index contributed by atoms with van der Waals surface area (Å²) in [6.07, 6.45) is 7.15. The van der Waals surface area contributed by atoms with E-state index in [4.69, 9.17) is 0 Å². The van der Waals surface area contributed by atoms with Crippen LogP contribution in [-0.4, -0.2) is 8.52 Å². The lowest BCUT2D eigenvalue weighted by Crippen LogP contribution is -2.29. The highest BCUT2D eigenvalue weighted by atomic mass is 32.1. The zero-order valence-electron chi connectivity index (χ0n) is 11.7. The molecule has 0 saturated carbocycles. The lowest BCUT2D eigenvalue weighted by molar-refractivity contribution is 0.722. The van der Waals surface area contributed by atoms with E-state index in [1.54, 1.807) is 24.3 Å². The molecule has 0 fully saturated rings. The van der Waals surface area contributed by atoms with Crippen LogP contribution in [0, 0.1) is 0 Å². The van der Waals surface area contributed by atoms with Gasteiger partial charge in [0.1, 0.15) is 0 Å². The highest BCUT2D eigenvalue weighted by molar-refractivity contribution is 7.03. The van der Waals surface area contributed by atoms with E-state index in [0.29, 0.717) is 5.69 Å². The molecule has 5 heteroatoms. The van der Waals surface area contributed by atoms with Crippen molar-refractivity contribution in [2.24, 2.45) is 0 Å². The third kappa shape index (κ3) is 3.38. The van der Waals surface area contributed by atoms with Crippen LogP contribution in [0.1, 0.15) is 6.92 Å². The van der Waals surface area contributed by atoms with Gasteiger partial charge in [0.15, 0.2) is 0 Å². The summed E-state index contributed by atoms with van der Waals surface area (Å²) in [5.74, 6) is 0. The second-order valence-corrected chi connectivity index (χ2v) is 5.23. The second kappa shape index (κ2) is 6.85. The fourth-order valence-electron chi connectivity index (χ4n) is 1.92. The number of hydrogen-bond donors (Lipinski definition) is 0. The van der Waals surface area contributed by atoms with Crippen molar-refractivity contribution in [1.29, 1.82) is 0 Å². The molecule has 108 valence electrons. The normalized spacial score (nSPS) is 12.0. The van der Waals surface area contributed by atoms with Gasteiger partial charge in [0, 0.05) is 11.5 Å². The second-order valence-electron chi connectivity index (χ2n) is 4.33. The van der Waals surface area contributed by atoms with Crippen molar-refractivity contribution in [3.05, 3.63) is 86.9 Å². The minimum atomic E-state index is -0.323. The predicted molar refractivity (Wildman–Crippen MR) is 87.3 cm³/mol. The minimum absolute atomic E-state index is 0.240. The Balaban J connectivity index is 2.46. The maximum Gasteiger partial charge on any atom is 0.346 e. The van der Waals surface area contributed by atoms with Crippen LogP contribution in [0.3, 0.4) is 0 Å². The Morgan fingerprint density at radius 1 is 1.29 bits per heavy atom. The Morgan fingerprint density at radius 3 is 2.62 bits per heavy atom. The van der Waals surface area contributed by atoms with Gasteiger partial charge in [-0.15, -0.1) is 0 Å². The van der Waals surface area contributed by atoms with Crippen LogP contribution in [0.5, 0.6) is 0 Å². The molecule has 0 aliphatic heterocycles. The van der Waals surface area contributed by atoms with E-state index >= 15 is 0 Å². The van der Waals surface area contributed by atoms with Crippen LogP contribution in [0.4, 0.5) is 0 Å². The van der Waals surface area contributed by atoms with Gasteiger partial charge in [0.05, 0.1) is 12.2 Å². The van der Waals surface area contributed by atoms with Gasteiger partial charge in [-0.25, -0.2) is 13.3 Å². The van der Waals surface area contributed by atoms with Crippen molar-refractivity contribution >= 4 is 11.5 Å². The third-order valence-corrected chi connectivity index (χ3v) is 3.76. The summed E-state index contributed by atoms with van der Waals surface area (Å²) in [4.78, 5) is 24.2. The molecule has 0 aliphatic carbocycles. The average Bonchev–Trinajstić information content (AvgIpc) is 2.77. The molecule has 0 bridgehead atoms. The quantitative estimate of drug-likeness (QED) is 0.797. The van der Waals surface area contributed by atoms with Gasteiger partial charge < -0.3 is 0 Å². The largest absolute Gasteiger partial charge is 0.346 e. The number of benzene rings is 1. The molecule has 0 unspecified atom stereocenters. The van der Waals surface area contributed by atoms with Crippen molar-refractivity contribution in [3.8, 4) is 5.69 Å². The van der Waals surface area contributed by atoms with Crippen molar-refractivity contribution < 1.29 is 0 Å². The molecule has 0 spiro atoms. The van der Waals surface area contributed by atoms with E-state index in [-0.39, 0.29) is 17.1 Å². The highest BCUT2D eigenvalue weighted by Gasteiger charge is 2.11.